The first kappa shape index (κ1) is 15.2. The first-order valence-electron chi connectivity index (χ1n) is 6.74. The second-order valence-corrected chi connectivity index (χ2v) is 5.13. The molecule has 0 atom stereocenters. The number of hydrogen-bond acceptors (Lipinski definition) is 2. The monoisotopic (exact) mass is 303 g/mol. The van der Waals surface area contributed by atoms with Crippen LogP contribution in [0.5, 0.6) is 0 Å². The van der Waals surface area contributed by atoms with Crippen molar-refractivity contribution in [3.05, 3.63) is 59.1 Å². The van der Waals surface area contributed by atoms with Gasteiger partial charge in [0.2, 0.25) is 0 Å². The number of benzene rings is 2. The number of nitrogen functional groups attached to an aromatic ring is 1. The number of amides is 2. The summed E-state index contributed by atoms with van der Waals surface area (Å²) < 4.78 is 0. The number of anilines is 2. The van der Waals surface area contributed by atoms with E-state index in [0.717, 1.165) is 11.3 Å². The summed E-state index contributed by atoms with van der Waals surface area (Å²) in [6.07, 6.45) is 0. The second kappa shape index (κ2) is 6.99. The zero-order chi connectivity index (χ0) is 15.2. The number of nitrogens with one attached hydrogen (secondary N) is 1. The topological polar surface area (TPSA) is 58.4 Å². The Hall–Kier alpha value is -2.20. The van der Waals surface area contributed by atoms with Crippen LogP contribution in [0.2, 0.25) is 5.02 Å². The number of nitrogens with two attached hydrogens (primary N) is 1. The molecule has 2 amide bonds. The van der Waals surface area contributed by atoms with Crippen LogP contribution in [-0.2, 0) is 6.54 Å². The van der Waals surface area contributed by atoms with Crippen molar-refractivity contribution in [2.45, 2.75) is 13.5 Å². The number of rotatable bonds is 4. The van der Waals surface area contributed by atoms with Crippen molar-refractivity contribution in [2.24, 2.45) is 0 Å². The summed E-state index contributed by atoms with van der Waals surface area (Å²) in [7, 11) is 0. The van der Waals surface area contributed by atoms with Gasteiger partial charge in [0, 0.05) is 29.5 Å². The number of carbonyl (C=O) groups is 1. The average Bonchev–Trinajstić information content (AvgIpc) is 2.47. The highest BCUT2D eigenvalue weighted by atomic mass is 35.5. The average molecular weight is 304 g/mol. The summed E-state index contributed by atoms with van der Waals surface area (Å²) >= 11 is 5.83. The Labute approximate surface area is 129 Å². The van der Waals surface area contributed by atoms with E-state index in [4.69, 9.17) is 17.3 Å². The van der Waals surface area contributed by atoms with Gasteiger partial charge in [-0.1, -0.05) is 23.7 Å². The van der Waals surface area contributed by atoms with E-state index >= 15 is 0 Å². The van der Waals surface area contributed by atoms with Crippen molar-refractivity contribution >= 4 is 29.0 Å². The zero-order valence-corrected chi connectivity index (χ0v) is 12.6. The number of nitrogens with zero attached hydrogens (tertiary/aromatic N) is 1. The van der Waals surface area contributed by atoms with Crippen LogP contribution in [0.3, 0.4) is 0 Å². The van der Waals surface area contributed by atoms with Gasteiger partial charge in [-0.2, -0.15) is 0 Å². The van der Waals surface area contributed by atoms with Crippen LogP contribution in [0, 0.1) is 0 Å². The maximum atomic E-state index is 12.3. The fourth-order valence-electron chi connectivity index (χ4n) is 1.97. The summed E-state index contributed by atoms with van der Waals surface area (Å²) in [4.78, 5) is 14.0. The van der Waals surface area contributed by atoms with Gasteiger partial charge in [0.05, 0.1) is 0 Å². The highest BCUT2D eigenvalue weighted by Crippen LogP contribution is 2.15. The lowest BCUT2D eigenvalue weighted by atomic mass is 10.2. The standard InChI is InChI=1S/C16H18ClN3O/c1-2-20(11-12-4-3-5-14(18)10-12)16(21)19-15-8-6-13(17)7-9-15/h3-10H,2,11,18H2,1H3,(H,19,21). The lowest BCUT2D eigenvalue weighted by molar-refractivity contribution is 0.212. The minimum atomic E-state index is -0.151. The van der Waals surface area contributed by atoms with E-state index in [2.05, 4.69) is 5.32 Å². The molecule has 2 aromatic carbocycles. The number of carbonyl (C=O) groups excluding carboxylic acids is 1. The summed E-state index contributed by atoms with van der Waals surface area (Å²) in [6, 6.07) is 14.4. The molecule has 0 spiro atoms. The van der Waals surface area contributed by atoms with Gasteiger partial charge < -0.3 is 16.0 Å². The third-order valence-corrected chi connectivity index (χ3v) is 3.34. The molecule has 0 aliphatic rings. The lowest BCUT2D eigenvalue weighted by Crippen LogP contribution is -2.34. The number of halogens is 1. The predicted molar refractivity (Wildman–Crippen MR) is 87.4 cm³/mol. The van der Waals surface area contributed by atoms with Crippen LogP contribution >= 0.6 is 11.6 Å². The molecule has 0 aliphatic heterocycles. The fraction of sp³-hybridized carbons (Fsp3) is 0.188. The van der Waals surface area contributed by atoms with Crippen LogP contribution in [0.1, 0.15) is 12.5 Å². The second-order valence-electron chi connectivity index (χ2n) is 4.70. The maximum Gasteiger partial charge on any atom is 0.322 e. The van der Waals surface area contributed by atoms with Gasteiger partial charge in [-0.3, -0.25) is 0 Å². The molecule has 0 saturated carbocycles. The van der Waals surface area contributed by atoms with Crippen molar-refractivity contribution < 1.29 is 4.79 Å². The summed E-state index contributed by atoms with van der Waals surface area (Å²) in [5, 5.41) is 3.49. The first-order valence-corrected chi connectivity index (χ1v) is 7.12. The molecule has 0 heterocycles. The quantitative estimate of drug-likeness (QED) is 0.839. The summed E-state index contributed by atoms with van der Waals surface area (Å²) in [6.45, 7) is 3.06. The van der Waals surface area contributed by atoms with Crippen molar-refractivity contribution in [1.82, 2.24) is 4.90 Å². The number of hydrogen-bond donors (Lipinski definition) is 2. The molecular formula is C16H18ClN3O. The fourth-order valence-corrected chi connectivity index (χ4v) is 2.10. The molecule has 2 aromatic rings. The molecule has 0 fully saturated rings. The van der Waals surface area contributed by atoms with E-state index in [9.17, 15) is 4.79 Å². The van der Waals surface area contributed by atoms with Gasteiger partial charge in [-0.15, -0.1) is 0 Å². The smallest absolute Gasteiger partial charge is 0.322 e. The molecular weight excluding hydrogens is 286 g/mol. The molecule has 0 unspecified atom stereocenters. The molecule has 21 heavy (non-hydrogen) atoms. The Balaban J connectivity index is 2.03. The van der Waals surface area contributed by atoms with E-state index in [1.165, 1.54) is 0 Å². The molecule has 110 valence electrons. The normalized spacial score (nSPS) is 10.2. The van der Waals surface area contributed by atoms with Gasteiger partial charge in [0.25, 0.3) is 0 Å². The van der Waals surface area contributed by atoms with Crippen LogP contribution < -0.4 is 11.1 Å². The Morgan fingerprint density at radius 2 is 1.95 bits per heavy atom. The highest BCUT2D eigenvalue weighted by Gasteiger charge is 2.12. The molecule has 3 N–H and O–H groups in total. The van der Waals surface area contributed by atoms with Gasteiger partial charge in [-0.05, 0) is 48.9 Å². The van der Waals surface area contributed by atoms with Crippen LogP contribution in [0.15, 0.2) is 48.5 Å². The van der Waals surface area contributed by atoms with Crippen LogP contribution in [0.4, 0.5) is 16.2 Å². The first-order chi connectivity index (χ1) is 10.1. The third-order valence-electron chi connectivity index (χ3n) is 3.09. The highest BCUT2D eigenvalue weighted by molar-refractivity contribution is 6.30. The largest absolute Gasteiger partial charge is 0.399 e. The minimum absolute atomic E-state index is 0.151. The molecule has 0 aliphatic carbocycles. The molecule has 2 rings (SSSR count). The van der Waals surface area contributed by atoms with Gasteiger partial charge in [0.15, 0.2) is 0 Å². The van der Waals surface area contributed by atoms with Gasteiger partial charge >= 0.3 is 6.03 Å². The van der Waals surface area contributed by atoms with E-state index < -0.39 is 0 Å². The van der Waals surface area contributed by atoms with Crippen molar-refractivity contribution in [2.75, 3.05) is 17.6 Å². The Morgan fingerprint density at radius 1 is 1.24 bits per heavy atom. The molecule has 0 aromatic heterocycles. The van der Waals surface area contributed by atoms with E-state index in [-0.39, 0.29) is 6.03 Å². The molecule has 5 heteroatoms. The van der Waals surface area contributed by atoms with E-state index in [1.807, 2.05) is 31.2 Å². The molecule has 0 bridgehead atoms. The molecule has 0 saturated heterocycles. The number of urea groups is 1. The van der Waals surface area contributed by atoms with Gasteiger partial charge in [-0.25, -0.2) is 4.79 Å². The maximum absolute atomic E-state index is 12.3. The third kappa shape index (κ3) is 4.39. The SMILES string of the molecule is CCN(Cc1cccc(N)c1)C(=O)Nc1ccc(Cl)cc1. The lowest BCUT2D eigenvalue weighted by Gasteiger charge is -2.21. The predicted octanol–water partition coefficient (Wildman–Crippen LogP) is 3.98. The summed E-state index contributed by atoms with van der Waals surface area (Å²) in [5.41, 5.74) is 8.17. The Morgan fingerprint density at radius 3 is 2.57 bits per heavy atom. The van der Waals surface area contributed by atoms with E-state index in [0.29, 0.717) is 23.8 Å². The van der Waals surface area contributed by atoms with E-state index in [1.54, 1.807) is 29.2 Å². The zero-order valence-electron chi connectivity index (χ0n) is 11.8. The van der Waals surface area contributed by atoms with Crippen LogP contribution in [0.25, 0.3) is 0 Å². The van der Waals surface area contributed by atoms with Gasteiger partial charge in [0.1, 0.15) is 0 Å². The Kier molecular flexibility index (Phi) is 5.06. The molecule has 0 radical (unpaired) electrons. The van der Waals surface area contributed by atoms with Crippen molar-refractivity contribution in [3.63, 3.8) is 0 Å². The molecule has 4 nitrogen and oxygen atoms in total. The van der Waals surface area contributed by atoms with Crippen molar-refractivity contribution in [1.29, 1.82) is 0 Å². The Bertz CT molecular complexity index is 613. The minimum Gasteiger partial charge on any atom is -0.399 e. The van der Waals surface area contributed by atoms with Crippen molar-refractivity contribution in [3.8, 4) is 0 Å². The van der Waals surface area contributed by atoms with Crippen LogP contribution in [-0.4, -0.2) is 17.5 Å². The summed E-state index contributed by atoms with van der Waals surface area (Å²) in [5.74, 6) is 0.